The van der Waals surface area contributed by atoms with Gasteiger partial charge in [0.25, 0.3) is 0 Å². The minimum Gasteiger partial charge on any atom is -0.490 e. The Kier molecular flexibility index (Phi) is 7.55. The van der Waals surface area contributed by atoms with E-state index in [1.807, 2.05) is 36.1 Å². The number of carbonyl (C=O) groups is 2. The van der Waals surface area contributed by atoms with Gasteiger partial charge in [-0.15, -0.1) is 0 Å². The molecule has 0 aromatic heterocycles. The standard InChI is InChI=1S/C23H32N2O4/c1-3-5-16-29-20-10-6-18(17-21(20)28-4-2)7-11-22(26)24-12-14-25(15-13-24)23(27)19-8-9-19/h6-7,10-11,17,19H,3-5,8-9,12-16H2,1-2H3/b11-7+. The van der Waals surface area contributed by atoms with Crippen molar-refractivity contribution in [2.75, 3.05) is 39.4 Å². The minimum atomic E-state index is -0.0234. The van der Waals surface area contributed by atoms with E-state index in [1.165, 1.54) is 0 Å². The second-order valence-corrected chi connectivity index (χ2v) is 7.60. The van der Waals surface area contributed by atoms with Gasteiger partial charge in [-0.2, -0.15) is 0 Å². The van der Waals surface area contributed by atoms with E-state index >= 15 is 0 Å². The SMILES string of the molecule is CCCCOc1ccc(/C=C/C(=O)N2CCN(C(=O)C3CC3)CC2)cc1OCC. The molecule has 1 saturated heterocycles. The molecule has 2 fully saturated rings. The van der Waals surface area contributed by atoms with Crippen LogP contribution in [-0.4, -0.2) is 61.0 Å². The first-order chi connectivity index (χ1) is 14.1. The average Bonchev–Trinajstić information content (AvgIpc) is 3.59. The Hall–Kier alpha value is -2.50. The second kappa shape index (κ2) is 10.3. The van der Waals surface area contributed by atoms with Gasteiger partial charge in [0.2, 0.25) is 11.8 Å². The third kappa shape index (κ3) is 5.99. The molecule has 0 unspecified atom stereocenters. The first-order valence-electron chi connectivity index (χ1n) is 10.8. The Balaban J connectivity index is 1.55. The van der Waals surface area contributed by atoms with Gasteiger partial charge >= 0.3 is 0 Å². The van der Waals surface area contributed by atoms with Gasteiger partial charge in [-0.05, 0) is 50.0 Å². The zero-order valence-electron chi connectivity index (χ0n) is 17.6. The molecule has 3 rings (SSSR count). The number of benzene rings is 1. The number of carbonyl (C=O) groups excluding carboxylic acids is 2. The Labute approximate surface area is 173 Å². The third-order valence-corrected chi connectivity index (χ3v) is 5.27. The van der Waals surface area contributed by atoms with Crippen LogP contribution in [0.15, 0.2) is 24.3 Å². The molecular weight excluding hydrogens is 368 g/mol. The van der Waals surface area contributed by atoms with E-state index in [1.54, 1.807) is 11.0 Å². The lowest BCUT2D eigenvalue weighted by molar-refractivity contribution is -0.138. The van der Waals surface area contributed by atoms with Crippen molar-refractivity contribution in [2.24, 2.45) is 5.92 Å². The lowest BCUT2D eigenvalue weighted by atomic mass is 10.1. The molecule has 0 atom stereocenters. The van der Waals surface area contributed by atoms with Crippen LogP contribution in [0.1, 0.15) is 45.1 Å². The fourth-order valence-corrected chi connectivity index (χ4v) is 3.35. The van der Waals surface area contributed by atoms with Gasteiger partial charge in [-0.3, -0.25) is 9.59 Å². The molecule has 1 aliphatic carbocycles. The molecule has 0 N–H and O–H groups in total. The van der Waals surface area contributed by atoms with E-state index in [0.717, 1.165) is 37.0 Å². The molecule has 0 bridgehead atoms. The predicted octanol–water partition coefficient (Wildman–Crippen LogP) is 3.36. The van der Waals surface area contributed by atoms with Crippen LogP contribution in [0.2, 0.25) is 0 Å². The first kappa shape index (κ1) is 21.2. The molecule has 0 radical (unpaired) electrons. The molecule has 2 aliphatic rings. The molecule has 1 heterocycles. The number of hydrogen-bond acceptors (Lipinski definition) is 4. The lowest BCUT2D eigenvalue weighted by Crippen LogP contribution is -2.50. The van der Waals surface area contributed by atoms with Crippen molar-refractivity contribution >= 4 is 17.9 Å². The molecular formula is C23H32N2O4. The summed E-state index contributed by atoms with van der Waals surface area (Å²) < 4.78 is 11.5. The zero-order valence-corrected chi connectivity index (χ0v) is 17.6. The highest BCUT2D eigenvalue weighted by molar-refractivity contribution is 5.92. The largest absolute Gasteiger partial charge is 0.490 e. The van der Waals surface area contributed by atoms with Crippen LogP contribution >= 0.6 is 0 Å². The summed E-state index contributed by atoms with van der Waals surface area (Å²) in [4.78, 5) is 28.4. The average molecular weight is 401 g/mol. The fourth-order valence-electron chi connectivity index (χ4n) is 3.35. The molecule has 1 aromatic carbocycles. The van der Waals surface area contributed by atoms with E-state index in [0.29, 0.717) is 45.1 Å². The smallest absolute Gasteiger partial charge is 0.246 e. The van der Waals surface area contributed by atoms with Crippen LogP contribution in [0.4, 0.5) is 0 Å². The summed E-state index contributed by atoms with van der Waals surface area (Å²) in [5, 5.41) is 0. The summed E-state index contributed by atoms with van der Waals surface area (Å²) in [5.74, 6) is 1.92. The summed E-state index contributed by atoms with van der Waals surface area (Å²) in [6.45, 7) is 7.74. The minimum absolute atomic E-state index is 0.0234. The van der Waals surface area contributed by atoms with Gasteiger partial charge < -0.3 is 19.3 Å². The van der Waals surface area contributed by atoms with Crippen molar-refractivity contribution in [3.8, 4) is 11.5 Å². The van der Waals surface area contributed by atoms with E-state index in [9.17, 15) is 9.59 Å². The molecule has 1 saturated carbocycles. The first-order valence-corrected chi connectivity index (χ1v) is 10.8. The van der Waals surface area contributed by atoms with Gasteiger partial charge in [0.15, 0.2) is 11.5 Å². The maximum atomic E-state index is 12.5. The van der Waals surface area contributed by atoms with E-state index < -0.39 is 0 Å². The van der Waals surface area contributed by atoms with Crippen LogP contribution in [0.25, 0.3) is 6.08 Å². The van der Waals surface area contributed by atoms with Crippen LogP contribution in [0.5, 0.6) is 11.5 Å². The molecule has 29 heavy (non-hydrogen) atoms. The molecule has 1 aliphatic heterocycles. The molecule has 158 valence electrons. The van der Waals surface area contributed by atoms with Crippen molar-refractivity contribution in [3.05, 3.63) is 29.8 Å². The van der Waals surface area contributed by atoms with Crippen LogP contribution in [0, 0.1) is 5.92 Å². The summed E-state index contributed by atoms with van der Waals surface area (Å²) in [7, 11) is 0. The highest BCUT2D eigenvalue weighted by atomic mass is 16.5. The van der Waals surface area contributed by atoms with Crippen molar-refractivity contribution < 1.29 is 19.1 Å². The van der Waals surface area contributed by atoms with Crippen molar-refractivity contribution in [2.45, 2.75) is 39.5 Å². The number of ether oxygens (including phenoxy) is 2. The van der Waals surface area contributed by atoms with Crippen molar-refractivity contribution in [1.29, 1.82) is 0 Å². The van der Waals surface area contributed by atoms with Gasteiger partial charge in [-0.25, -0.2) is 0 Å². The highest BCUT2D eigenvalue weighted by Crippen LogP contribution is 2.31. The zero-order chi connectivity index (χ0) is 20.6. The summed E-state index contributed by atoms with van der Waals surface area (Å²) in [6.07, 6.45) is 7.53. The van der Waals surface area contributed by atoms with E-state index in [4.69, 9.17) is 9.47 Å². The van der Waals surface area contributed by atoms with Crippen LogP contribution < -0.4 is 9.47 Å². The number of hydrogen-bond donors (Lipinski definition) is 0. The number of nitrogens with zero attached hydrogens (tertiary/aromatic N) is 2. The molecule has 6 nitrogen and oxygen atoms in total. The predicted molar refractivity (Wildman–Crippen MR) is 113 cm³/mol. The third-order valence-electron chi connectivity index (χ3n) is 5.27. The van der Waals surface area contributed by atoms with E-state index in [-0.39, 0.29) is 17.7 Å². The maximum absolute atomic E-state index is 12.5. The topological polar surface area (TPSA) is 59.1 Å². The van der Waals surface area contributed by atoms with Crippen molar-refractivity contribution in [1.82, 2.24) is 9.80 Å². The Morgan fingerprint density at radius 3 is 2.41 bits per heavy atom. The molecule has 6 heteroatoms. The number of rotatable bonds is 9. The van der Waals surface area contributed by atoms with Gasteiger partial charge in [-0.1, -0.05) is 19.4 Å². The fraction of sp³-hybridized carbons (Fsp3) is 0.565. The number of piperazine rings is 1. The summed E-state index contributed by atoms with van der Waals surface area (Å²) in [6, 6.07) is 5.73. The normalized spacial score (nSPS) is 16.9. The Morgan fingerprint density at radius 1 is 1.03 bits per heavy atom. The number of amides is 2. The highest BCUT2D eigenvalue weighted by Gasteiger charge is 2.34. The molecule has 2 amide bonds. The van der Waals surface area contributed by atoms with Gasteiger partial charge in [0, 0.05) is 38.2 Å². The summed E-state index contributed by atoms with van der Waals surface area (Å²) in [5.41, 5.74) is 0.896. The van der Waals surface area contributed by atoms with Gasteiger partial charge in [0.05, 0.1) is 13.2 Å². The number of unbranched alkanes of at least 4 members (excludes halogenated alkanes) is 1. The van der Waals surface area contributed by atoms with E-state index in [2.05, 4.69) is 6.92 Å². The Morgan fingerprint density at radius 2 is 1.76 bits per heavy atom. The monoisotopic (exact) mass is 400 g/mol. The van der Waals surface area contributed by atoms with Crippen molar-refractivity contribution in [3.63, 3.8) is 0 Å². The van der Waals surface area contributed by atoms with Crippen LogP contribution in [-0.2, 0) is 9.59 Å². The summed E-state index contributed by atoms with van der Waals surface area (Å²) >= 11 is 0. The molecule has 1 aromatic rings. The van der Waals surface area contributed by atoms with Gasteiger partial charge in [0.1, 0.15) is 0 Å². The lowest BCUT2D eigenvalue weighted by Gasteiger charge is -2.34. The Bertz CT molecular complexity index is 734. The maximum Gasteiger partial charge on any atom is 0.246 e. The van der Waals surface area contributed by atoms with Crippen LogP contribution in [0.3, 0.4) is 0 Å². The quantitative estimate of drug-likeness (QED) is 0.471. The molecule has 0 spiro atoms. The second-order valence-electron chi connectivity index (χ2n) is 7.60.